The number of hydrogen-bond acceptors (Lipinski definition) is 2. The molecule has 0 saturated carbocycles. The normalized spacial score (nSPS) is 19.4. The van der Waals surface area contributed by atoms with Gasteiger partial charge in [0.2, 0.25) is 0 Å². The van der Waals surface area contributed by atoms with Crippen LogP contribution in [0.4, 0.5) is 0 Å². The zero-order valence-electron chi connectivity index (χ0n) is 9.35. The van der Waals surface area contributed by atoms with E-state index >= 15 is 0 Å². The molecule has 3 nitrogen and oxygen atoms in total. The SMILES string of the molecule is CC1NCCn2c(-c3ccncc3)ccc21. The van der Waals surface area contributed by atoms with Gasteiger partial charge in [-0.3, -0.25) is 4.98 Å². The Morgan fingerprint density at radius 1 is 1.25 bits per heavy atom. The predicted molar refractivity (Wildman–Crippen MR) is 64.1 cm³/mol. The molecule has 0 radical (unpaired) electrons. The van der Waals surface area contributed by atoms with Gasteiger partial charge in [-0.25, -0.2) is 0 Å². The lowest BCUT2D eigenvalue weighted by Gasteiger charge is -2.25. The first-order valence-corrected chi connectivity index (χ1v) is 5.69. The molecule has 1 N–H and O–H groups in total. The zero-order valence-corrected chi connectivity index (χ0v) is 9.35. The van der Waals surface area contributed by atoms with Gasteiger partial charge in [-0.15, -0.1) is 0 Å². The molecule has 82 valence electrons. The molecule has 3 rings (SSSR count). The van der Waals surface area contributed by atoms with Crippen molar-refractivity contribution in [3.63, 3.8) is 0 Å². The number of hydrogen-bond donors (Lipinski definition) is 1. The summed E-state index contributed by atoms with van der Waals surface area (Å²) in [6.45, 7) is 4.30. The summed E-state index contributed by atoms with van der Waals surface area (Å²) in [7, 11) is 0. The quantitative estimate of drug-likeness (QED) is 0.787. The highest BCUT2D eigenvalue weighted by Gasteiger charge is 2.18. The van der Waals surface area contributed by atoms with Crippen LogP contribution >= 0.6 is 0 Å². The van der Waals surface area contributed by atoms with E-state index in [-0.39, 0.29) is 0 Å². The summed E-state index contributed by atoms with van der Waals surface area (Å²) in [5.41, 5.74) is 3.92. The first-order chi connectivity index (χ1) is 7.86. The molecule has 0 aliphatic carbocycles. The third-order valence-corrected chi connectivity index (χ3v) is 3.22. The average Bonchev–Trinajstić information content (AvgIpc) is 2.75. The van der Waals surface area contributed by atoms with E-state index in [4.69, 9.17) is 0 Å². The van der Waals surface area contributed by atoms with Crippen LogP contribution in [-0.4, -0.2) is 16.1 Å². The van der Waals surface area contributed by atoms with Gasteiger partial charge < -0.3 is 9.88 Å². The molecule has 0 saturated heterocycles. The minimum atomic E-state index is 0.448. The fourth-order valence-electron chi connectivity index (χ4n) is 2.38. The molecule has 2 aromatic rings. The number of aromatic nitrogens is 2. The van der Waals surface area contributed by atoms with E-state index in [1.807, 2.05) is 12.4 Å². The molecule has 0 fully saturated rings. The van der Waals surface area contributed by atoms with Crippen molar-refractivity contribution in [2.24, 2.45) is 0 Å². The van der Waals surface area contributed by atoms with Crippen LogP contribution in [0.25, 0.3) is 11.3 Å². The molecule has 3 heteroatoms. The van der Waals surface area contributed by atoms with Gasteiger partial charge in [0, 0.05) is 48.5 Å². The van der Waals surface area contributed by atoms with Crippen molar-refractivity contribution in [2.75, 3.05) is 6.54 Å². The average molecular weight is 213 g/mol. The smallest absolute Gasteiger partial charge is 0.0484 e. The second-order valence-corrected chi connectivity index (χ2v) is 4.21. The highest BCUT2D eigenvalue weighted by atomic mass is 15.1. The van der Waals surface area contributed by atoms with Crippen molar-refractivity contribution in [1.82, 2.24) is 14.9 Å². The van der Waals surface area contributed by atoms with Crippen LogP contribution in [0, 0.1) is 0 Å². The van der Waals surface area contributed by atoms with E-state index in [9.17, 15) is 0 Å². The Bertz CT molecular complexity index is 487. The van der Waals surface area contributed by atoms with Crippen LogP contribution in [0.15, 0.2) is 36.7 Å². The number of fused-ring (bicyclic) bond motifs is 1. The number of nitrogens with one attached hydrogen (secondary N) is 1. The van der Waals surface area contributed by atoms with Crippen molar-refractivity contribution < 1.29 is 0 Å². The molecular formula is C13H15N3. The van der Waals surface area contributed by atoms with Crippen molar-refractivity contribution in [1.29, 1.82) is 0 Å². The Kier molecular flexibility index (Phi) is 2.26. The molecular weight excluding hydrogens is 198 g/mol. The zero-order chi connectivity index (χ0) is 11.0. The van der Waals surface area contributed by atoms with Crippen molar-refractivity contribution in [3.05, 3.63) is 42.4 Å². The molecule has 16 heavy (non-hydrogen) atoms. The molecule has 0 bridgehead atoms. The number of pyridine rings is 1. The van der Waals surface area contributed by atoms with E-state index < -0.39 is 0 Å². The van der Waals surface area contributed by atoms with E-state index in [2.05, 4.69) is 46.1 Å². The van der Waals surface area contributed by atoms with Crippen LogP contribution in [-0.2, 0) is 6.54 Å². The Labute approximate surface area is 95.1 Å². The highest BCUT2D eigenvalue weighted by molar-refractivity contribution is 5.60. The van der Waals surface area contributed by atoms with E-state index in [1.54, 1.807) is 0 Å². The predicted octanol–water partition coefficient (Wildman–Crippen LogP) is 2.21. The summed E-state index contributed by atoms with van der Waals surface area (Å²) >= 11 is 0. The van der Waals surface area contributed by atoms with Crippen LogP contribution in [0.2, 0.25) is 0 Å². The Balaban J connectivity index is 2.10. The summed E-state index contributed by atoms with van der Waals surface area (Å²) < 4.78 is 2.40. The summed E-state index contributed by atoms with van der Waals surface area (Å²) in [5, 5.41) is 3.47. The van der Waals surface area contributed by atoms with Crippen LogP contribution in [0.3, 0.4) is 0 Å². The third-order valence-electron chi connectivity index (χ3n) is 3.22. The summed E-state index contributed by atoms with van der Waals surface area (Å²) in [6.07, 6.45) is 3.69. The lowest BCUT2D eigenvalue weighted by atomic mass is 10.2. The molecule has 3 heterocycles. The fraction of sp³-hybridized carbons (Fsp3) is 0.308. The topological polar surface area (TPSA) is 29.9 Å². The molecule has 1 aliphatic rings. The molecule has 0 amide bonds. The van der Waals surface area contributed by atoms with Gasteiger partial charge in [0.05, 0.1) is 0 Å². The van der Waals surface area contributed by atoms with Gasteiger partial charge in [-0.05, 0) is 31.2 Å². The molecule has 0 spiro atoms. The molecule has 2 aromatic heterocycles. The first kappa shape index (κ1) is 9.60. The molecule has 1 aliphatic heterocycles. The maximum atomic E-state index is 4.06. The van der Waals surface area contributed by atoms with E-state index in [1.165, 1.54) is 17.0 Å². The monoisotopic (exact) mass is 213 g/mol. The largest absolute Gasteiger partial charge is 0.342 e. The fourth-order valence-corrected chi connectivity index (χ4v) is 2.38. The van der Waals surface area contributed by atoms with Crippen molar-refractivity contribution >= 4 is 0 Å². The lowest BCUT2D eigenvalue weighted by molar-refractivity contribution is 0.451. The van der Waals surface area contributed by atoms with Crippen molar-refractivity contribution in [2.45, 2.75) is 19.5 Å². The maximum absolute atomic E-state index is 4.06. The Morgan fingerprint density at radius 3 is 2.88 bits per heavy atom. The van der Waals surface area contributed by atoms with Gasteiger partial charge in [0.15, 0.2) is 0 Å². The summed E-state index contributed by atoms with van der Waals surface area (Å²) in [5.74, 6) is 0. The second kappa shape index (κ2) is 3.76. The molecule has 1 atom stereocenters. The first-order valence-electron chi connectivity index (χ1n) is 5.69. The van der Waals surface area contributed by atoms with Crippen LogP contribution in [0.5, 0.6) is 0 Å². The Hall–Kier alpha value is -1.61. The summed E-state index contributed by atoms with van der Waals surface area (Å²) in [4.78, 5) is 4.06. The van der Waals surface area contributed by atoms with E-state index in [0.29, 0.717) is 6.04 Å². The van der Waals surface area contributed by atoms with Gasteiger partial charge in [-0.2, -0.15) is 0 Å². The lowest BCUT2D eigenvalue weighted by Crippen LogP contribution is -2.31. The molecule has 0 aromatic carbocycles. The van der Waals surface area contributed by atoms with Gasteiger partial charge in [-0.1, -0.05) is 0 Å². The summed E-state index contributed by atoms with van der Waals surface area (Å²) in [6, 6.07) is 9.00. The second-order valence-electron chi connectivity index (χ2n) is 4.21. The molecule has 1 unspecified atom stereocenters. The van der Waals surface area contributed by atoms with Gasteiger partial charge >= 0.3 is 0 Å². The van der Waals surface area contributed by atoms with Crippen molar-refractivity contribution in [3.8, 4) is 11.3 Å². The van der Waals surface area contributed by atoms with Gasteiger partial charge in [0.25, 0.3) is 0 Å². The van der Waals surface area contributed by atoms with Crippen LogP contribution < -0.4 is 5.32 Å². The van der Waals surface area contributed by atoms with Crippen LogP contribution in [0.1, 0.15) is 18.7 Å². The highest BCUT2D eigenvalue weighted by Crippen LogP contribution is 2.27. The third kappa shape index (κ3) is 1.44. The van der Waals surface area contributed by atoms with E-state index in [0.717, 1.165) is 13.1 Å². The Morgan fingerprint density at radius 2 is 2.06 bits per heavy atom. The maximum Gasteiger partial charge on any atom is 0.0484 e. The minimum Gasteiger partial charge on any atom is -0.342 e. The van der Waals surface area contributed by atoms with Gasteiger partial charge in [0.1, 0.15) is 0 Å². The standard InChI is InChI=1S/C13H15N3/c1-10-12-2-3-13(16(12)9-8-15-10)11-4-6-14-7-5-11/h2-7,10,15H,8-9H2,1H3. The number of rotatable bonds is 1. The minimum absolute atomic E-state index is 0.448. The number of nitrogens with zero attached hydrogens (tertiary/aromatic N) is 2.